The van der Waals surface area contributed by atoms with Crippen molar-refractivity contribution in [3.8, 4) is 0 Å². The highest BCUT2D eigenvalue weighted by Gasteiger charge is 2.58. The molecule has 2 unspecified atom stereocenters. The van der Waals surface area contributed by atoms with Crippen molar-refractivity contribution in [3.63, 3.8) is 0 Å². The molecule has 0 aromatic heterocycles. The highest BCUT2D eigenvalue weighted by Crippen LogP contribution is 2.36. The third-order valence-electron chi connectivity index (χ3n) is 3.67. The third-order valence-corrected chi connectivity index (χ3v) is 3.67. The van der Waals surface area contributed by atoms with E-state index in [4.69, 9.17) is 25.8 Å². The fraction of sp³-hybridized carbons (Fsp3) is 0.909. The molecule has 1 heterocycles. The van der Waals surface area contributed by atoms with Crippen molar-refractivity contribution in [1.82, 2.24) is 0 Å². The molecule has 1 aliphatic heterocycles. The zero-order valence-electron chi connectivity index (χ0n) is 11.1. The maximum Gasteiger partial charge on any atom is 0.364 e. The first-order valence-electron chi connectivity index (χ1n) is 6.35. The predicted molar refractivity (Wildman–Crippen MR) is 65.7 cm³/mol. The van der Waals surface area contributed by atoms with Gasteiger partial charge in [-0.1, -0.05) is 0 Å². The molecule has 0 aromatic carbocycles. The van der Waals surface area contributed by atoms with Crippen LogP contribution >= 0.6 is 0 Å². The molecule has 10 heteroatoms. The van der Waals surface area contributed by atoms with Crippen molar-refractivity contribution in [2.24, 2.45) is 11.7 Å². The van der Waals surface area contributed by atoms with Gasteiger partial charge in [0.15, 0.2) is 0 Å². The lowest BCUT2D eigenvalue weighted by molar-refractivity contribution is -0.319. The van der Waals surface area contributed by atoms with Crippen LogP contribution in [0.4, 0.5) is 0 Å². The van der Waals surface area contributed by atoms with Gasteiger partial charge in [0.1, 0.15) is 18.3 Å². The zero-order valence-corrected chi connectivity index (χ0v) is 11.1. The number of hydrogen-bond donors (Lipinski definition) is 8. The SMILES string of the molecule is N[C@H]1[C@H]([C@H](O)[C@H](O)CO)OC(O)(C(=O)O)C(CCO)[C@@H]1O. The van der Waals surface area contributed by atoms with E-state index in [2.05, 4.69) is 0 Å². The molecule has 1 aliphatic rings. The number of hydrogen-bond acceptors (Lipinski definition) is 9. The van der Waals surface area contributed by atoms with Crippen LogP contribution in [-0.2, 0) is 9.53 Å². The molecule has 7 atom stereocenters. The van der Waals surface area contributed by atoms with E-state index in [1.165, 1.54) is 0 Å². The van der Waals surface area contributed by atoms with Crippen LogP contribution in [0.2, 0.25) is 0 Å². The molecular weight excluding hydrogens is 290 g/mol. The van der Waals surface area contributed by atoms with E-state index in [-0.39, 0.29) is 6.42 Å². The van der Waals surface area contributed by atoms with E-state index in [9.17, 15) is 25.2 Å². The molecule has 0 radical (unpaired) electrons. The summed E-state index contributed by atoms with van der Waals surface area (Å²) in [5.41, 5.74) is 5.64. The van der Waals surface area contributed by atoms with Crippen LogP contribution in [0, 0.1) is 5.92 Å². The molecule has 1 rings (SSSR count). The van der Waals surface area contributed by atoms with E-state index in [1.807, 2.05) is 0 Å². The smallest absolute Gasteiger partial charge is 0.364 e. The molecular formula is C11H21NO9. The van der Waals surface area contributed by atoms with E-state index < -0.39 is 61.3 Å². The first-order chi connectivity index (χ1) is 9.70. The van der Waals surface area contributed by atoms with Crippen LogP contribution in [0.5, 0.6) is 0 Å². The van der Waals surface area contributed by atoms with Gasteiger partial charge in [0.05, 0.1) is 24.7 Å². The highest BCUT2D eigenvalue weighted by atomic mass is 16.7. The van der Waals surface area contributed by atoms with Gasteiger partial charge in [0, 0.05) is 6.61 Å². The van der Waals surface area contributed by atoms with Crippen molar-refractivity contribution in [2.75, 3.05) is 13.2 Å². The molecule has 124 valence electrons. The molecule has 0 bridgehead atoms. The number of aliphatic hydroxyl groups is 6. The van der Waals surface area contributed by atoms with Crippen LogP contribution in [-0.4, -0.2) is 91.2 Å². The summed E-state index contributed by atoms with van der Waals surface area (Å²) in [6, 6.07) is -1.34. The molecule has 0 saturated carbocycles. The Morgan fingerprint density at radius 3 is 2.33 bits per heavy atom. The van der Waals surface area contributed by atoms with Gasteiger partial charge >= 0.3 is 5.97 Å². The minimum Gasteiger partial charge on any atom is -0.477 e. The normalized spacial score (nSPS) is 39.8. The van der Waals surface area contributed by atoms with Crippen LogP contribution in [0.1, 0.15) is 6.42 Å². The first kappa shape index (κ1) is 18.2. The summed E-state index contributed by atoms with van der Waals surface area (Å²) in [7, 11) is 0. The molecule has 1 saturated heterocycles. The Morgan fingerprint density at radius 2 is 1.90 bits per heavy atom. The van der Waals surface area contributed by atoms with Crippen LogP contribution < -0.4 is 5.73 Å². The lowest BCUT2D eigenvalue weighted by atomic mass is 9.79. The monoisotopic (exact) mass is 311 g/mol. The fourth-order valence-electron chi connectivity index (χ4n) is 2.41. The highest BCUT2D eigenvalue weighted by molar-refractivity contribution is 5.76. The molecule has 0 aliphatic carbocycles. The average Bonchev–Trinajstić information content (AvgIpc) is 2.45. The maximum atomic E-state index is 11.2. The second-order valence-corrected chi connectivity index (χ2v) is 5.01. The second kappa shape index (κ2) is 6.94. The summed E-state index contributed by atoms with van der Waals surface area (Å²) >= 11 is 0. The predicted octanol–water partition coefficient (Wildman–Crippen LogP) is -4.44. The zero-order chi connectivity index (χ0) is 16.4. The Bertz CT molecular complexity index is 368. The van der Waals surface area contributed by atoms with Gasteiger partial charge in [-0.3, -0.25) is 0 Å². The number of nitrogens with two attached hydrogens (primary N) is 1. The van der Waals surface area contributed by atoms with Crippen LogP contribution in [0.25, 0.3) is 0 Å². The van der Waals surface area contributed by atoms with Crippen molar-refractivity contribution in [2.45, 2.75) is 42.7 Å². The van der Waals surface area contributed by atoms with Gasteiger partial charge in [-0.2, -0.15) is 0 Å². The van der Waals surface area contributed by atoms with Crippen molar-refractivity contribution >= 4 is 5.97 Å². The molecule has 9 N–H and O–H groups in total. The quantitative estimate of drug-likeness (QED) is 0.237. The van der Waals surface area contributed by atoms with Crippen LogP contribution in [0.3, 0.4) is 0 Å². The standard InChI is InChI=1S/C11H21NO9/c12-6-7(16)4(1-2-13)11(20,10(18)19)21-9(6)8(17)5(15)3-14/h4-9,13-17,20H,1-3,12H2,(H,18,19)/t4?,5-,6-,7+,8-,9-,11?/m1/s1. The number of carboxylic acid groups (broad SMARTS) is 1. The number of carbonyl (C=O) groups is 1. The maximum absolute atomic E-state index is 11.2. The molecule has 10 nitrogen and oxygen atoms in total. The topological polar surface area (TPSA) is 194 Å². The number of rotatable bonds is 6. The Labute approximate surface area is 120 Å². The number of aliphatic carboxylic acids is 1. The molecule has 0 spiro atoms. The van der Waals surface area contributed by atoms with Crippen molar-refractivity contribution < 1.29 is 45.3 Å². The van der Waals surface area contributed by atoms with E-state index in [0.29, 0.717) is 0 Å². The van der Waals surface area contributed by atoms with Gasteiger partial charge in [0.2, 0.25) is 0 Å². The Hall–Kier alpha value is -0.850. The summed E-state index contributed by atoms with van der Waals surface area (Å²) in [5, 5.41) is 66.1. The average molecular weight is 311 g/mol. The van der Waals surface area contributed by atoms with E-state index >= 15 is 0 Å². The van der Waals surface area contributed by atoms with Crippen LogP contribution in [0.15, 0.2) is 0 Å². The summed E-state index contributed by atoms with van der Waals surface area (Å²) in [4.78, 5) is 11.2. The molecule has 21 heavy (non-hydrogen) atoms. The second-order valence-electron chi connectivity index (χ2n) is 5.01. The van der Waals surface area contributed by atoms with Gasteiger partial charge < -0.3 is 46.2 Å². The lowest BCUT2D eigenvalue weighted by Gasteiger charge is -2.47. The lowest BCUT2D eigenvalue weighted by Crippen LogP contribution is -2.70. The van der Waals surface area contributed by atoms with Gasteiger partial charge in [-0.05, 0) is 6.42 Å². The summed E-state index contributed by atoms with van der Waals surface area (Å²) in [6.07, 6.45) is -7.06. The van der Waals surface area contributed by atoms with Gasteiger partial charge in [-0.25, -0.2) is 4.79 Å². The minimum atomic E-state index is -2.89. The molecule has 0 aromatic rings. The minimum absolute atomic E-state index is 0.303. The summed E-state index contributed by atoms with van der Waals surface area (Å²) < 4.78 is 4.91. The van der Waals surface area contributed by atoms with Crippen molar-refractivity contribution in [1.29, 1.82) is 0 Å². The summed E-state index contributed by atoms with van der Waals surface area (Å²) in [6.45, 7) is -1.38. The third kappa shape index (κ3) is 3.33. The Kier molecular flexibility index (Phi) is 6.01. The molecule has 0 amide bonds. The largest absolute Gasteiger partial charge is 0.477 e. The number of aliphatic hydroxyl groups excluding tert-OH is 5. The van der Waals surface area contributed by atoms with E-state index in [0.717, 1.165) is 0 Å². The number of carboxylic acids is 1. The van der Waals surface area contributed by atoms with E-state index in [1.54, 1.807) is 0 Å². The number of ether oxygens (including phenoxy) is 1. The first-order valence-corrected chi connectivity index (χ1v) is 6.35. The summed E-state index contributed by atoms with van der Waals surface area (Å²) in [5.74, 6) is -6.15. The van der Waals surface area contributed by atoms with Gasteiger partial charge in [0.25, 0.3) is 5.79 Å². The Balaban J connectivity index is 3.10. The Morgan fingerprint density at radius 1 is 1.33 bits per heavy atom. The fourth-order valence-corrected chi connectivity index (χ4v) is 2.41. The molecule has 1 fully saturated rings. The van der Waals surface area contributed by atoms with Crippen molar-refractivity contribution in [3.05, 3.63) is 0 Å². The van der Waals surface area contributed by atoms with Gasteiger partial charge in [-0.15, -0.1) is 0 Å².